The van der Waals surface area contributed by atoms with Crippen molar-refractivity contribution < 1.29 is 4.79 Å². The summed E-state index contributed by atoms with van der Waals surface area (Å²) in [7, 11) is 0. The van der Waals surface area contributed by atoms with Gasteiger partial charge in [-0.1, -0.05) is 0 Å². The van der Waals surface area contributed by atoms with Crippen LogP contribution in [-0.2, 0) is 11.2 Å². The van der Waals surface area contributed by atoms with E-state index in [0.29, 0.717) is 0 Å². The molecule has 5 heteroatoms. The van der Waals surface area contributed by atoms with Crippen molar-refractivity contribution in [3.8, 4) is 0 Å². The summed E-state index contributed by atoms with van der Waals surface area (Å²) >= 11 is 0. The van der Waals surface area contributed by atoms with E-state index < -0.39 is 0 Å². The molecule has 0 fully saturated rings. The first kappa shape index (κ1) is 9.21. The average Bonchev–Trinajstić information content (AvgIpc) is 2.66. The van der Waals surface area contributed by atoms with Gasteiger partial charge in [0.2, 0.25) is 5.91 Å². The molecule has 1 atom stereocenters. The highest BCUT2D eigenvalue weighted by atomic mass is 16.2. The van der Waals surface area contributed by atoms with Crippen LogP contribution in [0.3, 0.4) is 0 Å². The molecule has 0 aliphatic carbocycles. The second kappa shape index (κ2) is 3.42. The lowest BCUT2D eigenvalue weighted by Gasteiger charge is -2.32. The van der Waals surface area contributed by atoms with Crippen LogP contribution in [0.5, 0.6) is 0 Å². The van der Waals surface area contributed by atoms with Crippen LogP contribution in [0.1, 0.15) is 24.4 Å². The van der Waals surface area contributed by atoms with Gasteiger partial charge in [-0.2, -0.15) is 0 Å². The van der Waals surface area contributed by atoms with Gasteiger partial charge in [0.15, 0.2) is 0 Å². The minimum absolute atomic E-state index is 0.00819. The van der Waals surface area contributed by atoms with Crippen molar-refractivity contribution in [3.63, 3.8) is 0 Å². The topological polar surface area (TPSA) is 75.0 Å². The minimum atomic E-state index is -0.00819. The maximum Gasteiger partial charge on any atom is 0.236 e. The van der Waals surface area contributed by atoms with Crippen molar-refractivity contribution in [2.75, 3.05) is 13.1 Å². The van der Waals surface area contributed by atoms with Gasteiger partial charge >= 0.3 is 0 Å². The van der Waals surface area contributed by atoms with Gasteiger partial charge in [-0.25, -0.2) is 4.98 Å². The predicted octanol–water partition coefficient (Wildman–Crippen LogP) is -0.186. The van der Waals surface area contributed by atoms with E-state index in [-0.39, 0.29) is 18.5 Å². The summed E-state index contributed by atoms with van der Waals surface area (Å²) in [6.07, 6.45) is 2.52. The number of amides is 1. The number of carbonyl (C=O) groups is 1. The lowest BCUT2D eigenvalue weighted by molar-refractivity contribution is -0.132. The lowest BCUT2D eigenvalue weighted by atomic mass is 10.0. The van der Waals surface area contributed by atoms with E-state index in [1.54, 1.807) is 11.2 Å². The van der Waals surface area contributed by atoms with Crippen molar-refractivity contribution in [3.05, 3.63) is 17.7 Å². The van der Waals surface area contributed by atoms with Crippen LogP contribution in [0.15, 0.2) is 6.33 Å². The van der Waals surface area contributed by atoms with Crippen LogP contribution in [0.25, 0.3) is 0 Å². The van der Waals surface area contributed by atoms with E-state index in [2.05, 4.69) is 9.97 Å². The van der Waals surface area contributed by atoms with Gasteiger partial charge in [-0.05, 0) is 6.92 Å². The lowest BCUT2D eigenvalue weighted by Crippen LogP contribution is -2.42. The van der Waals surface area contributed by atoms with Gasteiger partial charge < -0.3 is 15.6 Å². The Morgan fingerprint density at radius 2 is 2.64 bits per heavy atom. The fourth-order valence-corrected chi connectivity index (χ4v) is 1.92. The molecule has 1 aromatic heterocycles. The van der Waals surface area contributed by atoms with Crippen LogP contribution in [0, 0.1) is 0 Å². The summed E-state index contributed by atoms with van der Waals surface area (Å²) < 4.78 is 0. The van der Waals surface area contributed by atoms with Crippen molar-refractivity contribution in [1.29, 1.82) is 0 Å². The van der Waals surface area contributed by atoms with E-state index in [9.17, 15) is 4.79 Å². The molecule has 0 aromatic carbocycles. The number of carbonyl (C=O) groups excluding carboxylic acids is 1. The van der Waals surface area contributed by atoms with Gasteiger partial charge in [0.25, 0.3) is 0 Å². The molecule has 0 saturated heterocycles. The maximum absolute atomic E-state index is 11.5. The molecule has 3 N–H and O–H groups in total. The molecule has 1 unspecified atom stereocenters. The zero-order chi connectivity index (χ0) is 10.1. The molecule has 2 heterocycles. The Bertz CT molecular complexity index is 346. The van der Waals surface area contributed by atoms with E-state index >= 15 is 0 Å². The fraction of sp³-hybridized carbons (Fsp3) is 0.556. The number of imidazole rings is 1. The molecule has 0 bridgehead atoms. The fourth-order valence-electron chi connectivity index (χ4n) is 1.92. The number of H-pyrrole nitrogens is 1. The number of nitrogens with two attached hydrogens (primary N) is 1. The standard InChI is InChI=1S/C9H14N4O/c1-6-9-7(11-5-12-9)2-3-13(6)8(14)4-10/h5-6H,2-4,10H2,1H3,(H,11,12). The van der Waals surface area contributed by atoms with Gasteiger partial charge in [0, 0.05) is 18.7 Å². The molecular formula is C9H14N4O. The molecule has 0 radical (unpaired) electrons. The average molecular weight is 194 g/mol. The SMILES string of the molecule is CC1c2nc[nH]c2CCN1C(=O)CN. The summed E-state index contributed by atoms with van der Waals surface area (Å²) in [5, 5.41) is 0. The third-order valence-electron chi connectivity index (χ3n) is 2.71. The highest BCUT2D eigenvalue weighted by molar-refractivity contribution is 5.78. The molecule has 5 nitrogen and oxygen atoms in total. The number of fused-ring (bicyclic) bond motifs is 1. The van der Waals surface area contributed by atoms with E-state index in [1.165, 1.54) is 0 Å². The first-order valence-electron chi connectivity index (χ1n) is 4.75. The Hall–Kier alpha value is -1.36. The van der Waals surface area contributed by atoms with Crippen molar-refractivity contribution in [2.45, 2.75) is 19.4 Å². The predicted molar refractivity (Wildman–Crippen MR) is 51.5 cm³/mol. The Kier molecular flexibility index (Phi) is 2.25. The van der Waals surface area contributed by atoms with E-state index in [1.807, 2.05) is 6.92 Å². The normalized spacial score (nSPS) is 20.7. The number of hydrogen-bond acceptors (Lipinski definition) is 3. The monoisotopic (exact) mass is 194 g/mol. The number of aromatic nitrogens is 2. The number of nitrogens with zero attached hydrogens (tertiary/aromatic N) is 2. The van der Waals surface area contributed by atoms with Crippen LogP contribution in [0.4, 0.5) is 0 Å². The first-order chi connectivity index (χ1) is 6.74. The van der Waals surface area contributed by atoms with E-state index in [4.69, 9.17) is 5.73 Å². The first-order valence-corrected chi connectivity index (χ1v) is 4.75. The van der Waals surface area contributed by atoms with Gasteiger partial charge in [0.1, 0.15) is 0 Å². The molecular weight excluding hydrogens is 180 g/mol. The molecule has 0 saturated carbocycles. The highest BCUT2D eigenvalue weighted by Gasteiger charge is 2.28. The summed E-state index contributed by atoms with van der Waals surface area (Å²) in [6.45, 7) is 2.78. The van der Waals surface area contributed by atoms with E-state index in [0.717, 1.165) is 24.4 Å². The van der Waals surface area contributed by atoms with Gasteiger partial charge in [0.05, 0.1) is 24.6 Å². The zero-order valence-corrected chi connectivity index (χ0v) is 8.16. The highest BCUT2D eigenvalue weighted by Crippen LogP contribution is 2.26. The van der Waals surface area contributed by atoms with Crippen LogP contribution < -0.4 is 5.73 Å². The number of nitrogens with one attached hydrogen (secondary N) is 1. The summed E-state index contributed by atoms with van der Waals surface area (Å²) in [6, 6.07) is 0.0426. The summed E-state index contributed by atoms with van der Waals surface area (Å²) in [4.78, 5) is 20.6. The molecule has 2 rings (SSSR count). The Balaban J connectivity index is 2.25. The third-order valence-corrected chi connectivity index (χ3v) is 2.71. The van der Waals surface area contributed by atoms with Crippen LogP contribution in [0.2, 0.25) is 0 Å². The molecule has 1 aromatic rings. The number of aromatic amines is 1. The number of hydrogen-bond donors (Lipinski definition) is 2. The summed E-state index contributed by atoms with van der Waals surface area (Å²) in [5.41, 5.74) is 7.45. The van der Waals surface area contributed by atoms with Gasteiger partial charge in [-0.15, -0.1) is 0 Å². The van der Waals surface area contributed by atoms with Gasteiger partial charge in [-0.3, -0.25) is 4.79 Å². The molecule has 1 amide bonds. The molecule has 76 valence electrons. The van der Waals surface area contributed by atoms with Crippen LogP contribution in [-0.4, -0.2) is 33.9 Å². The Morgan fingerprint density at radius 1 is 1.86 bits per heavy atom. The second-order valence-corrected chi connectivity index (χ2v) is 3.48. The third kappa shape index (κ3) is 1.29. The minimum Gasteiger partial charge on any atom is -0.348 e. The zero-order valence-electron chi connectivity index (χ0n) is 8.16. The molecule has 1 aliphatic heterocycles. The molecule has 14 heavy (non-hydrogen) atoms. The quantitative estimate of drug-likeness (QED) is 0.651. The maximum atomic E-state index is 11.5. The largest absolute Gasteiger partial charge is 0.348 e. The van der Waals surface area contributed by atoms with Crippen molar-refractivity contribution in [2.24, 2.45) is 5.73 Å². The summed E-state index contributed by atoms with van der Waals surface area (Å²) in [5.74, 6) is -0.00819. The van der Waals surface area contributed by atoms with Crippen molar-refractivity contribution in [1.82, 2.24) is 14.9 Å². The van der Waals surface area contributed by atoms with Crippen molar-refractivity contribution >= 4 is 5.91 Å². The number of rotatable bonds is 1. The Morgan fingerprint density at radius 3 is 3.36 bits per heavy atom. The molecule has 1 aliphatic rings. The smallest absolute Gasteiger partial charge is 0.236 e. The molecule has 0 spiro atoms. The second-order valence-electron chi connectivity index (χ2n) is 3.48. The Labute approximate surface area is 82.3 Å². The van der Waals surface area contributed by atoms with Crippen LogP contribution >= 0.6 is 0 Å².